The highest BCUT2D eigenvalue weighted by atomic mass is 32.1. The van der Waals surface area contributed by atoms with Crippen molar-refractivity contribution in [2.45, 2.75) is 0 Å². The molecule has 148 valence electrons. The number of benzene rings is 1. The first kappa shape index (κ1) is 18.6. The Morgan fingerprint density at radius 2 is 1.68 bits per heavy atom. The van der Waals surface area contributed by atoms with Crippen molar-refractivity contribution in [3.8, 4) is 43.3 Å². The zero-order valence-corrected chi connectivity index (χ0v) is 18.7. The molecule has 0 bridgehead atoms. The Balaban J connectivity index is 1.76. The number of thiazole rings is 1. The van der Waals surface area contributed by atoms with E-state index in [-0.39, 0.29) is 0 Å². The van der Waals surface area contributed by atoms with Crippen LogP contribution in [-0.2, 0) is 0 Å². The van der Waals surface area contributed by atoms with Crippen molar-refractivity contribution in [2.75, 3.05) is 0 Å². The summed E-state index contributed by atoms with van der Waals surface area (Å²) in [4.78, 5) is 15.0. The van der Waals surface area contributed by atoms with Crippen LogP contribution in [0.15, 0.2) is 89.5 Å². The maximum Gasteiger partial charge on any atom is 0.125 e. The molecule has 0 spiro atoms. The van der Waals surface area contributed by atoms with E-state index in [9.17, 15) is 0 Å². The van der Waals surface area contributed by atoms with Crippen molar-refractivity contribution in [1.29, 1.82) is 0 Å². The second kappa shape index (κ2) is 7.81. The van der Waals surface area contributed by atoms with Crippen LogP contribution < -0.4 is 0 Å². The molecule has 5 aromatic heterocycles. The number of hydrogen-bond acceptors (Lipinski definition) is 6. The Kier molecular flexibility index (Phi) is 4.68. The van der Waals surface area contributed by atoms with Gasteiger partial charge in [0.15, 0.2) is 0 Å². The Labute approximate surface area is 191 Å². The van der Waals surface area contributed by atoms with Crippen LogP contribution in [0, 0.1) is 0 Å². The normalized spacial score (nSPS) is 11.2. The van der Waals surface area contributed by atoms with Crippen molar-refractivity contribution in [3.05, 3.63) is 89.5 Å². The summed E-state index contributed by atoms with van der Waals surface area (Å²) < 4.78 is 1.18. The maximum absolute atomic E-state index is 5.13. The molecular formula is C25H15N3S3. The van der Waals surface area contributed by atoms with Gasteiger partial charge in [-0.3, -0.25) is 9.97 Å². The molecule has 0 aliphatic carbocycles. The monoisotopic (exact) mass is 453 g/mol. The van der Waals surface area contributed by atoms with Gasteiger partial charge in [0.2, 0.25) is 0 Å². The predicted molar refractivity (Wildman–Crippen MR) is 133 cm³/mol. The number of hydrogen-bond donors (Lipinski definition) is 0. The first-order valence-electron chi connectivity index (χ1n) is 9.73. The molecule has 0 fully saturated rings. The summed E-state index contributed by atoms with van der Waals surface area (Å²) in [5.41, 5.74) is 7.96. The molecule has 0 aliphatic heterocycles. The van der Waals surface area contributed by atoms with Crippen molar-refractivity contribution in [3.63, 3.8) is 0 Å². The molecule has 1 aromatic carbocycles. The first-order valence-corrected chi connectivity index (χ1v) is 12.4. The van der Waals surface area contributed by atoms with Gasteiger partial charge in [0.05, 0.1) is 10.2 Å². The van der Waals surface area contributed by atoms with Crippen LogP contribution in [-0.4, -0.2) is 15.0 Å². The van der Waals surface area contributed by atoms with E-state index in [0.29, 0.717) is 0 Å². The Morgan fingerprint density at radius 3 is 2.42 bits per heavy atom. The molecule has 0 radical (unpaired) electrons. The quantitative estimate of drug-likeness (QED) is 0.272. The zero-order chi connectivity index (χ0) is 20.6. The smallest absolute Gasteiger partial charge is 0.125 e. The van der Waals surface area contributed by atoms with Gasteiger partial charge < -0.3 is 0 Å². The Bertz CT molecular complexity index is 1450. The fourth-order valence-electron chi connectivity index (χ4n) is 3.80. The molecule has 6 heteroatoms. The standard InChI is InChI=1S/C25H15N3S3/c1-3-17(14-27-8-1)19-13-21-24(28-25(31-21)18-7-12-29-15-18)23(20-4-2-11-30-20)22(19)16-5-9-26-10-6-16/h1-15H. The highest BCUT2D eigenvalue weighted by molar-refractivity contribution is 7.22. The zero-order valence-electron chi connectivity index (χ0n) is 16.2. The third-order valence-electron chi connectivity index (χ3n) is 5.16. The average molecular weight is 454 g/mol. The number of thiophene rings is 2. The molecule has 0 amide bonds. The largest absolute Gasteiger partial charge is 0.265 e. The molecule has 31 heavy (non-hydrogen) atoms. The summed E-state index contributed by atoms with van der Waals surface area (Å²) in [6.07, 6.45) is 7.45. The summed E-state index contributed by atoms with van der Waals surface area (Å²) in [6.45, 7) is 0. The molecule has 6 rings (SSSR count). The molecular weight excluding hydrogens is 438 g/mol. The maximum atomic E-state index is 5.13. The van der Waals surface area contributed by atoms with Gasteiger partial charge in [-0.15, -0.1) is 22.7 Å². The minimum atomic E-state index is 1.05. The predicted octanol–water partition coefficient (Wildman–Crippen LogP) is 7.88. The summed E-state index contributed by atoms with van der Waals surface area (Å²) >= 11 is 5.19. The van der Waals surface area contributed by atoms with E-state index in [1.54, 1.807) is 34.0 Å². The van der Waals surface area contributed by atoms with E-state index in [0.717, 1.165) is 27.2 Å². The van der Waals surface area contributed by atoms with Gasteiger partial charge in [0, 0.05) is 57.3 Å². The summed E-state index contributed by atoms with van der Waals surface area (Å²) in [5, 5.41) is 7.44. The number of pyridine rings is 2. The highest BCUT2D eigenvalue weighted by Gasteiger charge is 2.22. The lowest BCUT2D eigenvalue weighted by Crippen LogP contribution is -1.92. The lowest BCUT2D eigenvalue weighted by atomic mass is 9.90. The van der Waals surface area contributed by atoms with E-state index in [1.165, 1.54) is 26.3 Å². The Morgan fingerprint density at radius 1 is 0.742 bits per heavy atom. The average Bonchev–Trinajstić information content (AvgIpc) is 3.60. The molecule has 3 nitrogen and oxygen atoms in total. The van der Waals surface area contributed by atoms with Gasteiger partial charge in [-0.05, 0) is 58.3 Å². The minimum Gasteiger partial charge on any atom is -0.265 e. The van der Waals surface area contributed by atoms with Gasteiger partial charge in [0.1, 0.15) is 5.01 Å². The van der Waals surface area contributed by atoms with E-state index in [4.69, 9.17) is 4.98 Å². The summed E-state index contributed by atoms with van der Waals surface area (Å²) in [7, 11) is 0. The van der Waals surface area contributed by atoms with Crippen LogP contribution in [0.2, 0.25) is 0 Å². The van der Waals surface area contributed by atoms with Crippen LogP contribution in [0.3, 0.4) is 0 Å². The second-order valence-corrected chi connectivity index (χ2v) is 9.77. The van der Waals surface area contributed by atoms with E-state index in [1.807, 2.05) is 30.9 Å². The topological polar surface area (TPSA) is 38.7 Å². The lowest BCUT2D eigenvalue weighted by Gasteiger charge is -2.16. The van der Waals surface area contributed by atoms with E-state index < -0.39 is 0 Å². The highest BCUT2D eigenvalue weighted by Crippen LogP contribution is 2.47. The van der Waals surface area contributed by atoms with Gasteiger partial charge in [-0.2, -0.15) is 11.3 Å². The fourth-order valence-corrected chi connectivity index (χ4v) is 6.31. The SMILES string of the molecule is c1cncc(-c2cc3sc(-c4ccsc4)nc3c(-c3cccs3)c2-c2ccncc2)c1. The number of aromatic nitrogens is 3. The van der Waals surface area contributed by atoms with Crippen molar-refractivity contribution >= 4 is 44.2 Å². The second-order valence-electron chi connectivity index (χ2n) is 7.01. The van der Waals surface area contributed by atoms with Gasteiger partial charge in [-0.25, -0.2) is 4.98 Å². The molecule has 0 N–H and O–H groups in total. The summed E-state index contributed by atoms with van der Waals surface area (Å²) in [5.74, 6) is 0. The number of nitrogens with zero attached hydrogens (tertiary/aromatic N) is 3. The molecule has 0 saturated carbocycles. The Hall–Kier alpha value is -3.19. The minimum absolute atomic E-state index is 1.05. The first-order chi connectivity index (χ1) is 15.4. The van der Waals surface area contributed by atoms with Gasteiger partial charge in [0.25, 0.3) is 0 Å². The molecule has 5 heterocycles. The van der Waals surface area contributed by atoms with Crippen LogP contribution in [0.1, 0.15) is 0 Å². The van der Waals surface area contributed by atoms with E-state index >= 15 is 0 Å². The molecule has 0 unspecified atom stereocenters. The third kappa shape index (κ3) is 3.29. The molecule has 6 aromatic rings. The molecule has 0 atom stereocenters. The van der Waals surface area contributed by atoms with Crippen LogP contribution in [0.5, 0.6) is 0 Å². The lowest BCUT2D eigenvalue weighted by molar-refractivity contribution is 1.32. The van der Waals surface area contributed by atoms with Crippen molar-refractivity contribution in [1.82, 2.24) is 15.0 Å². The van der Waals surface area contributed by atoms with Gasteiger partial charge >= 0.3 is 0 Å². The number of fused-ring (bicyclic) bond motifs is 1. The molecule has 0 saturated heterocycles. The third-order valence-corrected chi connectivity index (χ3v) is 7.78. The van der Waals surface area contributed by atoms with Crippen LogP contribution >= 0.6 is 34.0 Å². The number of rotatable bonds is 4. The fraction of sp³-hybridized carbons (Fsp3) is 0. The van der Waals surface area contributed by atoms with Crippen LogP contribution in [0.25, 0.3) is 53.5 Å². The van der Waals surface area contributed by atoms with Crippen molar-refractivity contribution in [2.24, 2.45) is 0 Å². The van der Waals surface area contributed by atoms with Gasteiger partial charge in [-0.1, -0.05) is 12.1 Å². The van der Waals surface area contributed by atoms with E-state index in [2.05, 4.69) is 68.6 Å². The van der Waals surface area contributed by atoms with Crippen molar-refractivity contribution < 1.29 is 0 Å². The molecule has 0 aliphatic rings. The van der Waals surface area contributed by atoms with Crippen LogP contribution in [0.4, 0.5) is 0 Å². The summed E-state index contributed by atoms with van der Waals surface area (Å²) in [6, 6.07) is 17.0.